The van der Waals surface area contributed by atoms with E-state index in [0.717, 1.165) is 5.76 Å². The molecule has 0 amide bonds. The zero-order valence-corrected chi connectivity index (χ0v) is 13.8. The van der Waals surface area contributed by atoms with Crippen LogP contribution in [0.1, 0.15) is 61.8 Å². The molecule has 112 valence electrons. The Kier molecular flexibility index (Phi) is 6.11. The van der Waals surface area contributed by atoms with Gasteiger partial charge in [-0.2, -0.15) is 0 Å². The molecular formula is C16H30O3. The van der Waals surface area contributed by atoms with Gasteiger partial charge in [-0.1, -0.05) is 34.3 Å². The molecule has 19 heavy (non-hydrogen) atoms. The standard InChI is InChI=1S/C16H30O3/c1-11(2)13(5)18-15(6,7)10-16(8,9)19-14(17)12(3)4/h11-12H,5,10H2,1-4,6-9H3. The highest BCUT2D eigenvalue weighted by molar-refractivity contribution is 5.71. The molecule has 0 aliphatic heterocycles. The summed E-state index contributed by atoms with van der Waals surface area (Å²) in [6.07, 6.45) is 0.615. The van der Waals surface area contributed by atoms with E-state index in [9.17, 15) is 4.79 Å². The van der Waals surface area contributed by atoms with E-state index in [-0.39, 0.29) is 17.8 Å². The maximum absolute atomic E-state index is 11.7. The van der Waals surface area contributed by atoms with Gasteiger partial charge >= 0.3 is 5.97 Å². The first-order chi connectivity index (χ1) is 8.36. The average Bonchev–Trinajstić information content (AvgIpc) is 2.13. The van der Waals surface area contributed by atoms with Crippen molar-refractivity contribution in [3.63, 3.8) is 0 Å². The second kappa shape index (κ2) is 6.44. The van der Waals surface area contributed by atoms with Crippen molar-refractivity contribution in [3.8, 4) is 0 Å². The lowest BCUT2D eigenvalue weighted by Crippen LogP contribution is -2.39. The number of hydrogen-bond donors (Lipinski definition) is 0. The van der Waals surface area contributed by atoms with Crippen molar-refractivity contribution in [1.82, 2.24) is 0 Å². The highest BCUT2D eigenvalue weighted by atomic mass is 16.6. The summed E-state index contributed by atoms with van der Waals surface area (Å²) in [5.41, 5.74) is -0.968. The summed E-state index contributed by atoms with van der Waals surface area (Å²) >= 11 is 0. The number of carbonyl (C=O) groups excluding carboxylic acids is 1. The predicted octanol–water partition coefficient (Wildman–Crippen LogP) is 4.32. The summed E-state index contributed by atoms with van der Waals surface area (Å²) in [5, 5.41) is 0. The molecule has 0 radical (unpaired) electrons. The van der Waals surface area contributed by atoms with Crippen LogP contribution in [0.4, 0.5) is 0 Å². The maximum Gasteiger partial charge on any atom is 0.308 e. The van der Waals surface area contributed by atoms with Gasteiger partial charge in [0, 0.05) is 12.3 Å². The summed E-state index contributed by atoms with van der Waals surface area (Å²) in [6.45, 7) is 19.5. The van der Waals surface area contributed by atoms with E-state index < -0.39 is 11.2 Å². The Hall–Kier alpha value is -0.990. The molecule has 0 spiro atoms. The van der Waals surface area contributed by atoms with E-state index in [1.807, 2.05) is 55.4 Å². The molecule has 0 atom stereocenters. The number of hydrogen-bond acceptors (Lipinski definition) is 3. The van der Waals surface area contributed by atoms with Crippen LogP contribution in [0.2, 0.25) is 0 Å². The Balaban J connectivity index is 4.62. The molecule has 0 heterocycles. The normalized spacial score (nSPS) is 12.7. The summed E-state index contributed by atoms with van der Waals surface area (Å²) in [7, 11) is 0. The van der Waals surface area contributed by atoms with Crippen LogP contribution >= 0.6 is 0 Å². The fourth-order valence-electron chi connectivity index (χ4n) is 1.96. The molecule has 0 saturated heterocycles. The molecule has 0 aromatic heterocycles. The van der Waals surface area contributed by atoms with E-state index >= 15 is 0 Å². The van der Waals surface area contributed by atoms with Crippen LogP contribution in [0.3, 0.4) is 0 Å². The minimum absolute atomic E-state index is 0.117. The molecule has 0 N–H and O–H groups in total. The van der Waals surface area contributed by atoms with E-state index in [1.54, 1.807) is 0 Å². The number of esters is 1. The van der Waals surface area contributed by atoms with Gasteiger partial charge in [0.2, 0.25) is 0 Å². The van der Waals surface area contributed by atoms with Crippen LogP contribution in [0.5, 0.6) is 0 Å². The van der Waals surface area contributed by atoms with Crippen molar-refractivity contribution < 1.29 is 14.3 Å². The van der Waals surface area contributed by atoms with Gasteiger partial charge in [0.25, 0.3) is 0 Å². The molecule has 0 aromatic rings. The SMILES string of the molecule is C=C(OC(C)(C)CC(C)(C)OC(=O)C(C)C)C(C)C. The summed E-state index contributed by atoms with van der Waals surface area (Å²) < 4.78 is 11.4. The molecular weight excluding hydrogens is 240 g/mol. The third-order valence-corrected chi connectivity index (χ3v) is 2.75. The van der Waals surface area contributed by atoms with Crippen molar-refractivity contribution in [2.45, 2.75) is 73.0 Å². The van der Waals surface area contributed by atoms with Crippen LogP contribution in [-0.4, -0.2) is 17.2 Å². The topological polar surface area (TPSA) is 35.5 Å². The third-order valence-electron chi connectivity index (χ3n) is 2.75. The monoisotopic (exact) mass is 270 g/mol. The molecule has 0 rings (SSSR count). The van der Waals surface area contributed by atoms with Gasteiger partial charge in [0.1, 0.15) is 11.2 Å². The fraction of sp³-hybridized carbons (Fsp3) is 0.812. The number of rotatable bonds is 7. The van der Waals surface area contributed by atoms with Crippen LogP contribution in [0, 0.1) is 11.8 Å². The van der Waals surface area contributed by atoms with Gasteiger partial charge in [-0.05, 0) is 27.7 Å². The van der Waals surface area contributed by atoms with Crippen LogP contribution < -0.4 is 0 Å². The minimum atomic E-state index is -0.553. The van der Waals surface area contributed by atoms with Gasteiger partial charge in [-0.3, -0.25) is 4.79 Å². The van der Waals surface area contributed by atoms with Crippen LogP contribution in [-0.2, 0) is 14.3 Å². The third kappa shape index (κ3) is 7.24. The molecule has 0 bridgehead atoms. The first-order valence-electron chi connectivity index (χ1n) is 6.97. The molecule has 0 fully saturated rings. The average molecular weight is 270 g/mol. The number of carbonyl (C=O) groups is 1. The first kappa shape index (κ1) is 18.0. The lowest BCUT2D eigenvalue weighted by atomic mass is 9.91. The molecule has 3 nitrogen and oxygen atoms in total. The second-order valence-electron chi connectivity index (χ2n) is 7.00. The van der Waals surface area contributed by atoms with E-state index in [0.29, 0.717) is 6.42 Å². The summed E-state index contributed by atoms with van der Waals surface area (Å²) in [5.74, 6) is 0.744. The Morgan fingerprint density at radius 2 is 1.37 bits per heavy atom. The lowest BCUT2D eigenvalue weighted by molar-refractivity contribution is -0.165. The molecule has 0 aliphatic carbocycles. The smallest absolute Gasteiger partial charge is 0.308 e. The predicted molar refractivity (Wildman–Crippen MR) is 78.8 cm³/mol. The largest absolute Gasteiger partial charge is 0.492 e. The Morgan fingerprint density at radius 1 is 0.947 bits per heavy atom. The zero-order chi connectivity index (χ0) is 15.4. The van der Waals surface area contributed by atoms with Crippen molar-refractivity contribution in [2.24, 2.45) is 11.8 Å². The van der Waals surface area contributed by atoms with Gasteiger partial charge in [0.05, 0.1) is 11.7 Å². The highest BCUT2D eigenvalue weighted by Crippen LogP contribution is 2.30. The van der Waals surface area contributed by atoms with Crippen LogP contribution in [0.25, 0.3) is 0 Å². The fourth-order valence-corrected chi connectivity index (χ4v) is 1.96. The lowest BCUT2D eigenvalue weighted by Gasteiger charge is -2.36. The molecule has 0 aliphatic rings. The summed E-state index contributed by atoms with van der Waals surface area (Å²) in [4.78, 5) is 11.7. The second-order valence-corrected chi connectivity index (χ2v) is 7.00. The Bertz CT molecular complexity index is 293. The van der Waals surface area contributed by atoms with Gasteiger partial charge in [0.15, 0.2) is 0 Å². The quantitative estimate of drug-likeness (QED) is 0.510. The first-order valence-corrected chi connectivity index (χ1v) is 6.97. The molecule has 0 aromatic carbocycles. The zero-order valence-electron chi connectivity index (χ0n) is 13.8. The molecule has 0 saturated carbocycles. The van der Waals surface area contributed by atoms with Crippen molar-refractivity contribution >= 4 is 5.97 Å². The van der Waals surface area contributed by atoms with Crippen LogP contribution in [0.15, 0.2) is 12.3 Å². The van der Waals surface area contributed by atoms with Gasteiger partial charge in [-0.15, -0.1) is 0 Å². The van der Waals surface area contributed by atoms with E-state index in [4.69, 9.17) is 9.47 Å². The Labute approximate surface area is 118 Å². The summed E-state index contributed by atoms with van der Waals surface area (Å²) in [6, 6.07) is 0. The van der Waals surface area contributed by atoms with E-state index in [2.05, 4.69) is 6.58 Å². The van der Waals surface area contributed by atoms with Gasteiger partial charge < -0.3 is 9.47 Å². The molecule has 3 heteroatoms. The Morgan fingerprint density at radius 3 is 1.74 bits per heavy atom. The van der Waals surface area contributed by atoms with E-state index in [1.165, 1.54) is 0 Å². The van der Waals surface area contributed by atoms with Crippen molar-refractivity contribution in [3.05, 3.63) is 12.3 Å². The molecule has 0 unspecified atom stereocenters. The number of ether oxygens (including phenoxy) is 2. The highest BCUT2D eigenvalue weighted by Gasteiger charge is 2.34. The van der Waals surface area contributed by atoms with Crippen molar-refractivity contribution in [1.29, 1.82) is 0 Å². The van der Waals surface area contributed by atoms with Crippen molar-refractivity contribution in [2.75, 3.05) is 0 Å². The van der Waals surface area contributed by atoms with Gasteiger partial charge in [-0.25, -0.2) is 0 Å². The maximum atomic E-state index is 11.7. The number of allylic oxidation sites excluding steroid dienone is 1. The minimum Gasteiger partial charge on any atom is -0.492 e.